The van der Waals surface area contributed by atoms with E-state index in [1.165, 1.54) is 0 Å². The summed E-state index contributed by atoms with van der Waals surface area (Å²) in [7, 11) is 0. The third-order valence-electron chi connectivity index (χ3n) is 2.41. The van der Waals surface area contributed by atoms with E-state index in [0.29, 0.717) is 13.1 Å². The molecule has 17 heavy (non-hydrogen) atoms. The zero-order chi connectivity index (χ0) is 12.8. The molecule has 1 atom stereocenters. The lowest BCUT2D eigenvalue weighted by Crippen LogP contribution is -2.41. The molecular weight excluding hydrogens is 223 g/mol. The third-order valence-corrected chi connectivity index (χ3v) is 2.41. The van der Waals surface area contributed by atoms with Gasteiger partial charge in [-0.25, -0.2) is 14.4 Å². The molecule has 1 rings (SSSR count). The highest BCUT2D eigenvalue weighted by Crippen LogP contribution is 2.03. The van der Waals surface area contributed by atoms with Crippen molar-refractivity contribution < 1.29 is 9.18 Å². The van der Waals surface area contributed by atoms with Crippen LogP contribution in [0, 0.1) is 5.82 Å². The summed E-state index contributed by atoms with van der Waals surface area (Å²) in [6.45, 7) is 6.88. The molecule has 0 aliphatic carbocycles. The van der Waals surface area contributed by atoms with Crippen LogP contribution >= 0.6 is 0 Å². The Kier molecular flexibility index (Phi) is 4.81. The Bertz CT molecular complexity index is 364. The van der Waals surface area contributed by atoms with Crippen molar-refractivity contribution in [3.05, 3.63) is 18.2 Å². The summed E-state index contributed by atoms with van der Waals surface area (Å²) in [5.74, 6) is -0.277. The number of aromatic nitrogens is 2. The maximum Gasteiger partial charge on any atom is 0.244 e. The maximum atomic E-state index is 12.6. The van der Waals surface area contributed by atoms with Gasteiger partial charge in [0.05, 0.1) is 12.4 Å². The summed E-state index contributed by atoms with van der Waals surface area (Å²) in [5.41, 5.74) is 0. The monoisotopic (exact) mass is 240 g/mol. The van der Waals surface area contributed by atoms with Crippen LogP contribution in [-0.4, -0.2) is 39.9 Å². The van der Waals surface area contributed by atoms with E-state index in [1.54, 1.807) is 11.8 Å². The Morgan fingerprint density at radius 1 is 1.41 bits per heavy atom. The molecule has 1 aromatic heterocycles. The first-order chi connectivity index (χ1) is 8.08. The van der Waals surface area contributed by atoms with Gasteiger partial charge in [-0.05, 0) is 20.8 Å². The van der Waals surface area contributed by atoms with E-state index in [2.05, 4.69) is 15.3 Å². The minimum Gasteiger partial charge on any atom is -0.343 e. The normalized spacial score (nSPS) is 12.0. The van der Waals surface area contributed by atoms with Gasteiger partial charge in [-0.1, -0.05) is 0 Å². The molecule has 1 amide bonds. The fourth-order valence-electron chi connectivity index (χ4n) is 1.45. The number of hydrogen-bond acceptors (Lipinski definition) is 4. The quantitative estimate of drug-likeness (QED) is 0.842. The molecule has 0 radical (unpaired) electrons. The van der Waals surface area contributed by atoms with Gasteiger partial charge in [-0.15, -0.1) is 0 Å². The number of amides is 1. The van der Waals surface area contributed by atoms with Gasteiger partial charge in [0.2, 0.25) is 11.9 Å². The fraction of sp³-hybridized carbons (Fsp3) is 0.545. The summed E-state index contributed by atoms with van der Waals surface area (Å²) in [4.78, 5) is 21.1. The van der Waals surface area contributed by atoms with Crippen LogP contribution in [0.15, 0.2) is 12.4 Å². The van der Waals surface area contributed by atoms with Crippen LogP contribution in [0.3, 0.4) is 0 Å². The van der Waals surface area contributed by atoms with Crippen LogP contribution in [0.1, 0.15) is 20.8 Å². The van der Waals surface area contributed by atoms with Crippen molar-refractivity contribution in [2.75, 3.05) is 18.4 Å². The van der Waals surface area contributed by atoms with E-state index in [9.17, 15) is 9.18 Å². The van der Waals surface area contributed by atoms with Gasteiger partial charge in [-0.3, -0.25) is 4.79 Å². The number of nitrogens with zero attached hydrogens (tertiary/aromatic N) is 3. The molecule has 0 aliphatic rings. The Hall–Kier alpha value is -1.72. The van der Waals surface area contributed by atoms with Crippen molar-refractivity contribution in [3.63, 3.8) is 0 Å². The van der Waals surface area contributed by atoms with Gasteiger partial charge in [0.25, 0.3) is 0 Å². The number of nitrogens with one attached hydrogen (secondary N) is 1. The smallest absolute Gasteiger partial charge is 0.244 e. The molecule has 0 aromatic carbocycles. The maximum absolute atomic E-state index is 12.6. The summed E-state index contributed by atoms with van der Waals surface area (Å²) in [6, 6.07) is -0.430. The molecule has 5 nitrogen and oxygen atoms in total. The van der Waals surface area contributed by atoms with Crippen LogP contribution in [0.25, 0.3) is 0 Å². The minimum atomic E-state index is -0.502. The van der Waals surface area contributed by atoms with Gasteiger partial charge < -0.3 is 10.2 Å². The lowest BCUT2D eigenvalue weighted by molar-refractivity contribution is -0.131. The van der Waals surface area contributed by atoms with Crippen molar-refractivity contribution in [2.45, 2.75) is 26.8 Å². The van der Waals surface area contributed by atoms with E-state index >= 15 is 0 Å². The zero-order valence-corrected chi connectivity index (χ0v) is 10.3. The topological polar surface area (TPSA) is 58.1 Å². The number of hydrogen-bond donors (Lipinski definition) is 1. The highest BCUT2D eigenvalue weighted by molar-refractivity contribution is 5.83. The van der Waals surface area contributed by atoms with Crippen LogP contribution in [-0.2, 0) is 4.79 Å². The molecule has 0 saturated carbocycles. The highest BCUT2D eigenvalue weighted by Gasteiger charge is 2.18. The van der Waals surface area contributed by atoms with Gasteiger partial charge in [0.15, 0.2) is 5.82 Å². The van der Waals surface area contributed by atoms with Crippen molar-refractivity contribution in [3.8, 4) is 0 Å². The Labute approximate surface area is 100 Å². The first-order valence-corrected chi connectivity index (χ1v) is 5.61. The minimum absolute atomic E-state index is 0.0251. The Balaban J connectivity index is 2.62. The molecule has 0 aliphatic heterocycles. The fourth-order valence-corrected chi connectivity index (χ4v) is 1.45. The average molecular weight is 240 g/mol. The Morgan fingerprint density at radius 2 is 1.94 bits per heavy atom. The van der Waals surface area contributed by atoms with E-state index in [1.807, 2.05) is 13.8 Å². The van der Waals surface area contributed by atoms with Gasteiger partial charge in [-0.2, -0.15) is 0 Å². The molecule has 94 valence electrons. The number of likely N-dealkylation sites (N-methyl/N-ethyl adjacent to an activating group) is 1. The Morgan fingerprint density at radius 3 is 2.41 bits per heavy atom. The van der Waals surface area contributed by atoms with Gasteiger partial charge in [0, 0.05) is 13.1 Å². The van der Waals surface area contributed by atoms with Crippen LogP contribution in [0.2, 0.25) is 0 Å². The van der Waals surface area contributed by atoms with E-state index in [0.717, 1.165) is 12.4 Å². The van der Waals surface area contributed by atoms with Crippen molar-refractivity contribution >= 4 is 11.9 Å². The molecular formula is C11H17FN4O. The summed E-state index contributed by atoms with van der Waals surface area (Å²) in [6.07, 6.45) is 2.12. The molecule has 1 heterocycles. The van der Waals surface area contributed by atoms with Crippen molar-refractivity contribution in [1.29, 1.82) is 0 Å². The summed E-state index contributed by atoms with van der Waals surface area (Å²) >= 11 is 0. The summed E-state index contributed by atoms with van der Waals surface area (Å²) in [5, 5.41) is 2.84. The first-order valence-electron chi connectivity index (χ1n) is 5.61. The third kappa shape index (κ3) is 3.65. The van der Waals surface area contributed by atoms with Crippen LogP contribution < -0.4 is 5.32 Å². The standard InChI is InChI=1S/C11H17FN4O/c1-4-16(5-2)10(17)8(3)15-11-13-6-9(12)7-14-11/h6-8H,4-5H2,1-3H3,(H,13,14,15). The molecule has 1 N–H and O–H groups in total. The predicted molar refractivity (Wildman–Crippen MR) is 63.0 cm³/mol. The summed E-state index contributed by atoms with van der Waals surface area (Å²) < 4.78 is 12.6. The molecule has 6 heteroatoms. The average Bonchev–Trinajstić information content (AvgIpc) is 2.33. The highest BCUT2D eigenvalue weighted by atomic mass is 19.1. The molecule has 0 saturated heterocycles. The number of anilines is 1. The van der Waals surface area contributed by atoms with Crippen molar-refractivity contribution in [2.24, 2.45) is 0 Å². The molecule has 1 unspecified atom stereocenters. The van der Waals surface area contributed by atoms with Gasteiger partial charge in [0.1, 0.15) is 6.04 Å². The van der Waals surface area contributed by atoms with E-state index < -0.39 is 11.9 Å². The number of halogens is 1. The first kappa shape index (κ1) is 13.3. The molecule has 0 fully saturated rings. The van der Waals surface area contributed by atoms with Crippen molar-refractivity contribution in [1.82, 2.24) is 14.9 Å². The van der Waals surface area contributed by atoms with Crippen LogP contribution in [0.5, 0.6) is 0 Å². The second-order valence-corrected chi connectivity index (χ2v) is 3.60. The molecule has 1 aromatic rings. The molecule has 0 bridgehead atoms. The van der Waals surface area contributed by atoms with E-state index in [4.69, 9.17) is 0 Å². The number of rotatable bonds is 5. The lowest BCUT2D eigenvalue weighted by atomic mass is 10.3. The largest absolute Gasteiger partial charge is 0.343 e. The van der Waals surface area contributed by atoms with Gasteiger partial charge >= 0.3 is 0 Å². The lowest BCUT2D eigenvalue weighted by Gasteiger charge is -2.23. The second kappa shape index (κ2) is 6.12. The van der Waals surface area contributed by atoms with Crippen LogP contribution in [0.4, 0.5) is 10.3 Å². The predicted octanol–water partition coefficient (Wildman–Crippen LogP) is 1.28. The number of carbonyl (C=O) groups excluding carboxylic acids is 1. The SMILES string of the molecule is CCN(CC)C(=O)C(C)Nc1ncc(F)cn1. The zero-order valence-electron chi connectivity index (χ0n) is 10.3. The number of carbonyl (C=O) groups is 1. The molecule has 0 spiro atoms. The van der Waals surface area contributed by atoms with E-state index in [-0.39, 0.29) is 11.9 Å². The second-order valence-electron chi connectivity index (χ2n) is 3.60.